The predicted octanol–water partition coefficient (Wildman–Crippen LogP) is 12.6. The van der Waals surface area contributed by atoms with Crippen LogP contribution in [0, 0.1) is 0 Å². The van der Waals surface area contributed by atoms with Crippen molar-refractivity contribution in [3.8, 4) is 0 Å². The van der Waals surface area contributed by atoms with Gasteiger partial charge in [-0.05, 0) is 192 Å². The molecule has 0 amide bonds. The van der Waals surface area contributed by atoms with E-state index in [2.05, 4.69) is 237 Å². The van der Waals surface area contributed by atoms with Gasteiger partial charge in [0.1, 0.15) is 0 Å². The molecule has 9 aromatic heterocycles. The first kappa shape index (κ1) is 41.2. The molecule has 12 heterocycles. The molecular formula is C56H65N9. The maximum Gasteiger partial charge on any atom is 0.0791 e. The zero-order valence-corrected chi connectivity index (χ0v) is 40.0. The van der Waals surface area contributed by atoms with E-state index in [4.69, 9.17) is 0 Å². The molecule has 0 spiro atoms. The first-order valence-electron chi connectivity index (χ1n) is 23.4. The van der Waals surface area contributed by atoms with Crippen LogP contribution < -0.4 is 0 Å². The molecular weight excluding hydrogens is 799 g/mol. The van der Waals surface area contributed by atoms with Gasteiger partial charge in [-0.3, -0.25) is 0 Å². The van der Waals surface area contributed by atoms with Crippen LogP contribution in [0.25, 0.3) is 0 Å². The Hall–Kier alpha value is -6.48. The Morgan fingerprint density at radius 3 is 0.477 bits per heavy atom. The summed E-state index contributed by atoms with van der Waals surface area (Å²) in [7, 11) is 0. The largest absolute Gasteiger partial charge is 0.361 e. The first-order chi connectivity index (χ1) is 30.7. The van der Waals surface area contributed by atoms with Gasteiger partial charge in [-0.25, -0.2) is 0 Å². The minimum absolute atomic E-state index is 0.116. The average Bonchev–Trinajstić information content (AvgIpc) is 4.10. The van der Waals surface area contributed by atoms with Crippen molar-refractivity contribution in [2.75, 3.05) is 0 Å². The summed E-state index contributed by atoms with van der Waals surface area (Å²) in [6, 6.07) is 41.0. The van der Waals surface area contributed by atoms with Crippen molar-refractivity contribution in [3.05, 3.63) is 212 Å². The Labute approximate surface area is 382 Å². The molecule has 0 fully saturated rings. The summed E-state index contributed by atoms with van der Waals surface area (Å²) in [5.41, 5.74) is 18.5. The van der Waals surface area contributed by atoms with Gasteiger partial charge in [0, 0.05) is 135 Å². The molecule has 0 aliphatic carbocycles. The molecule has 9 N–H and O–H groups in total. The van der Waals surface area contributed by atoms with E-state index >= 15 is 0 Å². The van der Waals surface area contributed by atoms with Gasteiger partial charge in [0.15, 0.2) is 0 Å². The molecule has 0 unspecified atom stereocenters. The van der Waals surface area contributed by atoms with Gasteiger partial charge in [0.2, 0.25) is 0 Å². The van der Waals surface area contributed by atoms with Gasteiger partial charge in [-0.15, -0.1) is 0 Å². The highest BCUT2D eigenvalue weighted by atomic mass is 14.9. The molecule has 0 atom stereocenters. The number of hydrogen-bond acceptors (Lipinski definition) is 0. The maximum absolute atomic E-state index is 3.99. The van der Waals surface area contributed by atoms with E-state index in [1.165, 1.54) is 0 Å². The maximum atomic E-state index is 3.99. The molecule has 0 radical (unpaired) electrons. The molecule has 65 heavy (non-hydrogen) atoms. The van der Waals surface area contributed by atoms with E-state index in [1.807, 2.05) is 0 Å². The first-order valence-corrected chi connectivity index (χ1v) is 23.4. The average molecular weight is 864 g/mol. The van der Waals surface area contributed by atoms with Gasteiger partial charge >= 0.3 is 0 Å². The van der Waals surface area contributed by atoms with Gasteiger partial charge in [0.25, 0.3) is 0 Å². The summed E-state index contributed by atoms with van der Waals surface area (Å²) in [6.07, 6.45) is 0. The molecule has 334 valence electrons. The quantitative estimate of drug-likeness (QED) is 0.0716. The van der Waals surface area contributed by atoms with Crippen molar-refractivity contribution < 1.29 is 0 Å². The van der Waals surface area contributed by atoms with Gasteiger partial charge < -0.3 is 44.9 Å². The van der Waals surface area contributed by atoms with E-state index < -0.39 is 0 Å². The van der Waals surface area contributed by atoms with Crippen LogP contribution in [0.4, 0.5) is 0 Å². The summed E-state index contributed by atoms with van der Waals surface area (Å²) in [5.74, 6) is -0.233. The standard InChI is InChI=1S/C56H65N9/c1-51(2)37-19-13-31(57-37)49-32-14-21-39(58-32)53(5,6)45-27-29-47(64-45)55(9,10)41-23-17-35(61-41)50(34-16-20-38(60-34)52(3,4)44-26-25-43(51)63-44)36-18-24-42(62-36)56(11,12)48-30-28-46(65-48)54(7,8)40-22-15-33(49)59-40/h13-30,49-50,57-65H,1-12H3. The number of nitrogens with one attached hydrogen (secondary N) is 9. The molecule has 0 saturated carbocycles. The fourth-order valence-electron chi connectivity index (χ4n) is 10.9. The number of rotatable bonds is 0. The van der Waals surface area contributed by atoms with Crippen molar-refractivity contribution >= 4 is 0 Å². The number of aromatic nitrogens is 9. The second-order valence-electron chi connectivity index (χ2n) is 22.4. The predicted molar refractivity (Wildman–Crippen MR) is 262 cm³/mol. The van der Waals surface area contributed by atoms with Crippen LogP contribution in [0.1, 0.15) is 197 Å². The van der Waals surface area contributed by atoms with Crippen LogP contribution in [0.15, 0.2) is 109 Å². The molecule has 12 rings (SSSR count). The van der Waals surface area contributed by atoms with Crippen molar-refractivity contribution in [2.24, 2.45) is 0 Å². The smallest absolute Gasteiger partial charge is 0.0791 e. The summed E-state index contributed by atoms with van der Waals surface area (Å²) < 4.78 is 0. The van der Waals surface area contributed by atoms with E-state index in [9.17, 15) is 0 Å². The van der Waals surface area contributed by atoms with Crippen LogP contribution in [0.3, 0.4) is 0 Å². The summed E-state index contributed by atoms with van der Waals surface area (Å²) >= 11 is 0. The zero-order chi connectivity index (χ0) is 45.6. The second kappa shape index (κ2) is 13.5. The lowest BCUT2D eigenvalue weighted by Crippen LogP contribution is -2.24. The Morgan fingerprint density at radius 1 is 0.200 bits per heavy atom. The van der Waals surface area contributed by atoms with E-state index in [-0.39, 0.29) is 44.3 Å². The normalized spacial score (nSPS) is 21.0. The van der Waals surface area contributed by atoms with Crippen LogP contribution >= 0.6 is 0 Å². The van der Waals surface area contributed by atoms with Crippen molar-refractivity contribution in [3.63, 3.8) is 0 Å². The highest BCUT2D eigenvalue weighted by molar-refractivity contribution is 5.48. The Morgan fingerprint density at radius 2 is 0.323 bits per heavy atom. The summed E-state index contributed by atoms with van der Waals surface area (Å²) in [6.45, 7) is 27.7. The van der Waals surface area contributed by atoms with Crippen molar-refractivity contribution in [1.29, 1.82) is 0 Å². The van der Waals surface area contributed by atoms with E-state index in [0.717, 1.165) is 102 Å². The summed E-state index contributed by atoms with van der Waals surface area (Å²) in [4.78, 5) is 35.7. The molecule has 9 aromatic rings. The van der Waals surface area contributed by atoms with Crippen LogP contribution in [-0.4, -0.2) is 44.9 Å². The zero-order valence-electron chi connectivity index (χ0n) is 40.0. The van der Waals surface area contributed by atoms with Gasteiger partial charge in [-0.1, -0.05) is 0 Å². The number of aromatic amines is 9. The lowest BCUT2D eigenvalue weighted by Gasteiger charge is -2.27. The molecule has 3 aliphatic rings. The lowest BCUT2D eigenvalue weighted by molar-refractivity contribution is 0.565. The third-order valence-corrected chi connectivity index (χ3v) is 16.3. The van der Waals surface area contributed by atoms with E-state index in [1.54, 1.807) is 0 Å². The van der Waals surface area contributed by atoms with Crippen LogP contribution in [-0.2, 0) is 32.5 Å². The van der Waals surface area contributed by atoms with Crippen LogP contribution in [0.5, 0.6) is 0 Å². The minimum Gasteiger partial charge on any atom is -0.361 e. The third-order valence-electron chi connectivity index (χ3n) is 16.3. The Bertz CT molecular complexity index is 2660. The lowest BCUT2D eigenvalue weighted by atomic mass is 9.85. The molecule has 20 bridgehead atoms. The molecule has 0 aromatic carbocycles. The highest BCUT2D eigenvalue weighted by Crippen LogP contribution is 2.44. The third kappa shape index (κ3) is 6.10. The summed E-state index contributed by atoms with van der Waals surface area (Å²) in [5, 5.41) is 0. The fraction of sp³-hybridized carbons (Fsp3) is 0.357. The molecule has 0 saturated heterocycles. The molecule has 3 aliphatic heterocycles. The molecule has 9 nitrogen and oxygen atoms in total. The van der Waals surface area contributed by atoms with Gasteiger partial charge in [0.05, 0.1) is 11.8 Å². The Balaban J connectivity index is 1.19. The second-order valence-corrected chi connectivity index (χ2v) is 22.4. The highest BCUT2D eigenvalue weighted by Gasteiger charge is 2.38. The monoisotopic (exact) mass is 864 g/mol. The SMILES string of the molecule is CC1(C)c2ccc([nH]2)C2c3ccc([nH]3)C(C)(C)c3ccc([nH]3)C(C)(C)c3ccc([nH]3)C(c3ccc([nH]3)C(C)(C)c3ccc1[nH]3)c1ccc([nH]1)C(C)(C)c1ccc([nH]1)C(C)(C)c1ccc2[nH]1. The number of hydrogen-bond donors (Lipinski definition) is 9. The fourth-order valence-corrected chi connectivity index (χ4v) is 10.9. The molecule has 9 heteroatoms. The number of H-pyrrole nitrogens is 9. The Kier molecular flexibility index (Phi) is 8.59. The van der Waals surface area contributed by atoms with Crippen LogP contribution in [0.2, 0.25) is 0 Å². The topological polar surface area (TPSA) is 142 Å². The van der Waals surface area contributed by atoms with Gasteiger partial charge in [-0.2, -0.15) is 0 Å². The van der Waals surface area contributed by atoms with Crippen molar-refractivity contribution in [2.45, 2.75) is 127 Å². The van der Waals surface area contributed by atoms with Crippen molar-refractivity contribution in [1.82, 2.24) is 44.9 Å². The van der Waals surface area contributed by atoms with E-state index in [0.29, 0.717) is 0 Å². The minimum atomic E-state index is -0.342.